The first-order valence-corrected chi connectivity index (χ1v) is 36.1. The Balaban J connectivity index is 3.36. The number of aliphatic hydroxyl groups is 2. The van der Waals surface area contributed by atoms with Gasteiger partial charge in [-0.3, -0.25) is 9.59 Å². The molecule has 6 nitrogen and oxygen atoms in total. The van der Waals surface area contributed by atoms with Gasteiger partial charge in [0.15, 0.2) is 0 Å². The van der Waals surface area contributed by atoms with Crippen molar-refractivity contribution in [1.82, 2.24) is 5.32 Å². The quantitative estimate of drug-likeness (QED) is 0.0320. The maximum atomic E-state index is 12.5. The van der Waals surface area contributed by atoms with E-state index in [0.29, 0.717) is 25.9 Å². The monoisotopic (exact) mass is 1110 g/mol. The third-order valence-electron chi connectivity index (χ3n) is 17.0. The van der Waals surface area contributed by atoms with E-state index in [-0.39, 0.29) is 18.5 Å². The zero-order chi connectivity index (χ0) is 57.1. The second kappa shape index (κ2) is 68.8. The Hall–Kier alpha value is -1.66. The molecule has 0 radical (unpaired) electrons. The van der Waals surface area contributed by atoms with Gasteiger partial charge in [0.05, 0.1) is 25.4 Å². The van der Waals surface area contributed by atoms with Crippen molar-refractivity contribution >= 4 is 11.9 Å². The van der Waals surface area contributed by atoms with Crippen molar-refractivity contribution in [2.75, 3.05) is 13.2 Å². The number of carbonyl (C=O) groups is 2. The van der Waals surface area contributed by atoms with Crippen LogP contribution in [0, 0.1) is 0 Å². The Labute approximate surface area is 494 Å². The summed E-state index contributed by atoms with van der Waals surface area (Å²) in [6, 6.07) is -0.540. The number of esters is 1. The van der Waals surface area contributed by atoms with Crippen LogP contribution in [0.2, 0.25) is 0 Å². The van der Waals surface area contributed by atoms with E-state index >= 15 is 0 Å². The van der Waals surface area contributed by atoms with Gasteiger partial charge < -0.3 is 20.3 Å². The topological polar surface area (TPSA) is 95.9 Å². The Morgan fingerprint density at radius 2 is 0.595 bits per heavy atom. The van der Waals surface area contributed by atoms with Gasteiger partial charge in [-0.05, 0) is 77.0 Å². The summed E-state index contributed by atoms with van der Waals surface area (Å²) in [5.41, 5.74) is 0. The highest BCUT2D eigenvalue weighted by Gasteiger charge is 2.20. The SMILES string of the molecule is CCCCCCCC/C=C\CCCCCCCC(=O)OCCCCCCCCCCCCCC/C=C\CCCCCCCCCCCCCCCCC(=O)NC(CO)C(O)CCCCCCCCCCCCCCCCCCC. The molecule has 0 saturated heterocycles. The third-order valence-corrected chi connectivity index (χ3v) is 17.0. The van der Waals surface area contributed by atoms with Crippen molar-refractivity contribution in [2.45, 2.75) is 418 Å². The van der Waals surface area contributed by atoms with E-state index < -0.39 is 12.1 Å². The lowest BCUT2D eigenvalue weighted by Gasteiger charge is -2.22. The minimum absolute atomic E-state index is 0.00989. The zero-order valence-corrected chi connectivity index (χ0v) is 53.6. The average Bonchev–Trinajstić information content (AvgIpc) is 3.45. The third kappa shape index (κ3) is 65.4. The minimum Gasteiger partial charge on any atom is -0.466 e. The number of hydrogen-bond donors (Lipinski definition) is 3. The van der Waals surface area contributed by atoms with E-state index in [1.165, 1.54) is 327 Å². The molecule has 0 aliphatic carbocycles. The zero-order valence-electron chi connectivity index (χ0n) is 53.6. The fourth-order valence-corrected chi connectivity index (χ4v) is 11.5. The highest BCUT2D eigenvalue weighted by Crippen LogP contribution is 2.19. The summed E-state index contributed by atoms with van der Waals surface area (Å²) < 4.78 is 5.49. The van der Waals surface area contributed by atoms with Crippen LogP contribution in [0.25, 0.3) is 0 Å². The Morgan fingerprint density at radius 1 is 0.342 bits per heavy atom. The molecule has 0 heterocycles. The predicted molar refractivity (Wildman–Crippen MR) is 347 cm³/mol. The number of nitrogens with one attached hydrogen (secondary N) is 1. The normalized spacial score (nSPS) is 12.6. The van der Waals surface area contributed by atoms with Crippen molar-refractivity contribution in [2.24, 2.45) is 0 Å². The second-order valence-electron chi connectivity index (χ2n) is 24.9. The van der Waals surface area contributed by atoms with Crippen LogP contribution in [0.3, 0.4) is 0 Å². The number of carbonyl (C=O) groups excluding carboxylic acids is 2. The molecule has 2 atom stereocenters. The first kappa shape index (κ1) is 77.3. The van der Waals surface area contributed by atoms with Crippen LogP contribution < -0.4 is 5.32 Å². The molecule has 0 rings (SSSR count). The van der Waals surface area contributed by atoms with Gasteiger partial charge in [0.25, 0.3) is 0 Å². The second-order valence-corrected chi connectivity index (χ2v) is 24.9. The Kier molecular flexibility index (Phi) is 67.4. The summed E-state index contributed by atoms with van der Waals surface area (Å²) in [5, 5.41) is 23.4. The van der Waals surface area contributed by atoms with Crippen LogP contribution in [-0.4, -0.2) is 47.4 Å². The summed E-state index contributed by atoms with van der Waals surface area (Å²) in [6.07, 6.45) is 86.6. The van der Waals surface area contributed by atoms with Gasteiger partial charge in [-0.15, -0.1) is 0 Å². The molecule has 0 spiro atoms. The molecule has 468 valence electrons. The van der Waals surface area contributed by atoms with E-state index in [4.69, 9.17) is 4.74 Å². The van der Waals surface area contributed by atoms with Crippen LogP contribution in [0.15, 0.2) is 24.3 Å². The standard InChI is InChI=1S/C73H141NO5/c1-3-5-7-9-11-13-15-17-19-34-38-41-45-49-53-57-61-65-71(76)70(69-75)74-72(77)66-62-58-54-50-46-42-39-35-32-30-28-26-24-22-20-21-23-25-27-29-31-33-36-40-44-48-52-56-60-64-68-79-73(78)67-63-59-55-51-47-43-37-18-16-14-12-10-8-6-4-2/h18,21,23,37,70-71,75-76H,3-17,19-20,22,24-36,38-69H2,1-2H3,(H,74,77)/b23-21-,37-18-. The maximum Gasteiger partial charge on any atom is 0.305 e. The lowest BCUT2D eigenvalue weighted by Crippen LogP contribution is -2.45. The van der Waals surface area contributed by atoms with Crippen molar-refractivity contribution in [1.29, 1.82) is 0 Å². The van der Waals surface area contributed by atoms with E-state index in [1.807, 2.05) is 0 Å². The van der Waals surface area contributed by atoms with E-state index in [9.17, 15) is 19.8 Å². The fraction of sp³-hybridized carbons (Fsp3) is 0.918. The molecule has 3 N–H and O–H groups in total. The van der Waals surface area contributed by atoms with Gasteiger partial charge in [0.2, 0.25) is 5.91 Å². The molecular formula is C73H141NO5. The molecular weight excluding hydrogens is 971 g/mol. The van der Waals surface area contributed by atoms with Crippen LogP contribution in [0.5, 0.6) is 0 Å². The van der Waals surface area contributed by atoms with Gasteiger partial charge in [0.1, 0.15) is 0 Å². The molecule has 6 heteroatoms. The van der Waals surface area contributed by atoms with Crippen LogP contribution in [-0.2, 0) is 14.3 Å². The minimum atomic E-state index is -0.663. The van der Waals surface area contributed by atoms with Crippen molar-refractivity contribution in [3.05, 3.63) is 24.3 Å². The van der Waals surface area contributed by atoms with Crippen molar-refractivity contribution in [3.8, 4) is 0 Å². The van der Waals surface area contributed by atoms with Gasteiger partial charge in [-0.1, -0.05) is 340 Å². The van der Waals surface area contributed by atoms with Crippen molar-refractivity contribution in [3.63, 3.8) is 0 Å². The summed E-state index contributed by atoms with van der Waals surface area (Å²) >= 11 is 0. The Bertz CT molecular complexity index is 1230. The number of aliphatic hydroxyl groups excluding tert-OH is 2. The number of hydrogen-bond acceptors (Lipinski definition) is 5. The summed E-state index contributed by atoms with van der Waals surface area (Å²) in [4.78, 5) is 24.6. The highest BCUT2D eigenvalue weighted by atomic mass is 16.5. The maximum absolute atomic E-state index is 12.5. The lowest BCUT2D eigenvalue weighted by atomic mass is 10.0. The number of rotatable bonds is 68. The van der Waals surface area contributed by atoms with Gasteiger partial charge in [-0.25, -0.2) is 0 Å². The van der Waals surface area contributed by atoms with Gasteiger partial charge in [0, 0.05) is 12.8 Å². The number of allylic oxidation sites excluding steroid dienone is 4. The number of ether oxygens (including phenoxy) is 1. The van der Waals surface area contributed by atoms with E-state index in [1.54, 1.807) is 0 Å². The highest BCUT2D eigenvalue weighted by molar-refractivity contribution is 5.76. The first-order valence-electron chi connectivity index (χ1n) is 36.1. The first-order chi connectivity index (χ1) is 39.0. The molecule has 0 aromatic rings. The van der Waals surface area contributed by atoms with Crippen LogP contribution in [0.1, 0.15) is 406 Å². The van der Waals surface area contributed by atoms with Crippen LogP contribution in [0.4, 0.5) is 0 Å². The molecule has 2 unspecified atom stereocenters. The van der Waals surface area contributed by atoms with Crippen LogP contribution >= 0.6 is 0 Å². The summed E-state index contributed by atoms with van der Waals surface area (Å²) in [5.74, 6) is -0.0199. The molecule has 0 bridgehead atoms. The largest absolute Gasteiger partial charge is 0.466 e. The fourth-order valence-electron chi connectivity index (χ4n) is 11.5. The predicted octanol–water partition coefficient (Wildman–Crippen LogP) is 23.3. The molecule has 0 fully saturated rings. The molecule has 0 aromatic carbocycles. The van der Waals surface area contributed by atoms with Gasteiger partial charge in [-0.2, -0.15) is 0 Å². The smallest absolute Gasteiger partial charge is 0.305 e. The average molecular weight is 1110 g/mol. The van der Waals surface area contributed by atoms with E-state index in [0.717, 1.165) is 44.9 Å². The summed E-state index contributed by atoms with van der Waals surface area (Å²) in [7, 11) is 0. The lowest BCUT2D eigenvalue weighted by molar-refractivity contribution is -0.143. The molecule has 1 amide bonds. The molecule has 79 heavy (non-hydrogen) atoms. The Morgan fingerprint density at radius 3 is 0.899 bits per heavy atom. The molecule has 0 saturated carbocycles. The van der Waals surface area contributed by atoms with Gasteiger partial charge >= 0.3 is 5.97 Å². The summed E-state index contributed by atoms with van der Waals surface area (Å²) in [6.45, 7) is 4.98. The molecule has 0 aliphatic rings. The van der Waals surface area contributed by atoms with Crippen molar-refractivity contribution < 1.29 is 24.5 Å². The number of amides is 1. The molecule has 0 aromatic heterocycles. The number of unbranched alkanes of at least 4 members (excludes halogenated alkanes) is 53. The van der Waals surface area contributed by atoms with E-state index in [2.05, 4.69) is 43.5 Å². The molecule has 0 aliphatic heterocycles.